The Hall–Kier alpha value is -2.68. The minimum absolute atomic E-state index is 0.0546. The molecule has 2 N–H and O–H groups in total. The summed E-state index contributed by atoms with van der Waals surface area (Å²) in [5.41, 5.74) is 3.58. The van der Waals surface area contributed by atoms with Gasteiger partial charge in [0.25, 0.3) is 0 Å². The lowest BCUT2D eigenvalue weighted by Crippen LogP contribution is -2.35. The van der Waals surface area contributed by atoms with E-state index in [0.717, 1.165) is 60.2 Å². The summed E-state index contributed by atoms with van der Waals surface area (Å²) in [5, 5.41) is 11.0. The van der Waals surface area contributed by atoms with Gasteiger partial charge < -0.3 is 24.3 Å². The standard InChI is InChI=1S/C19H21N3O5/c1-25-11-13-17-15(9-20-18(13)27-19(23)24)21-14-4-2-3-12(16(14)17)10-22-5-7-26-8-6-22/h2-4,9,21H,5-8,10-11H2,1H3,(H,23,24). The van der Waals surface area contributed by atoms with Crippen LogP contribution in [-0.2, 0) is 22.6 Å². The lowest BCUT2D eigenvalue weighted by Gasteiger charge is -2.26. The van der Waals surface area contributed by atoms with Crippen LogP contribution in [0.3, 0.4) is 0 Å². The van der Waals surface area contributed by atoms with E-state index in [2.05, 4.69) is 20.9 Å². The molecule has 8 nitrogen and oxygen atoms in total. The molecular weight excluding hydrogens is 350 g/mol. The molecule has 8 heteroatoms. The lowest BCUT2D eigenvalue weighted by molar-refractivity contribution is 0.0344. The Morgan fingerprint density at radius 2 is 2.11 bits per heavy atom. The van der Waals surface area contributed by atoms with E-state index in [9.17, 15) is 4.79 Å². The van der Waals surface area contributed by atoms with Crippen LogP contribution < -0.4 is 4.74 Å². The number of hydrogen-bond donors (Lipinski definition) is 2. The smallest absolute Gasteiger partial charge is 0.449 e. The van der Waals surface area contributed by atoms with Crippen LogP contribution in [0.2, 0.25) is 0 Å². The summed E-state index contributed by atoms with van der Waals surface area (Å²) in [6, 6.07) is 6.12. The fourth-order valence-corrected chi connectivity index (χ4v) is 3.64. The van der Waals surface area contributed by atoms with E-state index in [1.165, 1.54) is 0 Å². The highest BCUT2D eigenvalue weighted by atomic mass is 16.7. The van der Waals surface area contributed by atoms with Crippen LogP contribution in [0, 0.1) is 0 Å². The molecule has 1 aliphatic heterocycles. The van der Waals surface area contributed by atoms with E-state index in [1.807, 2.05) is 12.1 Å². The number of pyridine rings is 1. The second-order valence-electron chi connectivity index (χ2n) is 6.48. The summed E-state index contributed by atoms with van der Waals surface area (Å²) >= 11 is 0. The summed E-state index contributed by atoms with van der Waals surface area (Å²) in [5.74, 6) is 0.0546. The molecule has 0 amide bonds. The maximum absolute atomic E-state index is 11.1. The van der Waals surface area contributed by atoms with Gasteiger partial charge in [-0.1, -0.05) is 12.1 Å². The number of ether oxygens (including phenoxy) is 3. The number of H-pyrrole nitrogens is 1. The van der Waals surface area contributed by atoms with Crippen molar-refractivity contribution in [2.24, 2.45) is 0 Å². The number of fused-ring (bicyclic) bond motifs is 3. The summed E-state index contributed by atoms with van der Waals surface area (Å²) in [4.78, 5) is 20.9. The number of methoxy groups -OCH3 is 1. The van der Waals surface area contributed by atoms with Crippen molar-refractivity contribution in [1.29, 1.82) is 0 Å². The highest BCUT2D eigenvalue weighted by Gasteiger charge is 2.20. The van der Waals surface area contributed by atoms with Crippen LogP contribution in [0.1, 0.15) is 11.1 Å². The molecule has 1 aromatic carbocycles. The zero-order valence-electron chi connectivity index (χ0n) is 15.0. The van der Waals surface area contributed by atoms with Gasteiger partial charge in [0.15, 0.2) is 0 Å². The third kappa shape index (κ3) is 3.46. The van der Waals surface area contributed by atoms with E-state index in [-0.39, 0.29) is 12.5 Å². The molecule has 0 saturated carbocycles. The van der Waals surface area contributed by atoms with Gasteiger partial charge in [-0.15, -0.1) is 0 Å². The van der Waals surface area contributed by atoms with E-state index < -0.39 is 6.16 Å². The van der Waals surface area contributed by atoms with Gasteiger partial charge in [-0.3, -0.25) is 4.90 Å². The van der Waals surface area contributed by atoms with Crippen LogP contribution in [0.4, 0.5) is 4.79 Å². The molecule has 3 aromatic rings. The van der Waals surface area contributed by atoms with Gasteiger partial charge in [0.2, 0.25) is 5.88 Å². The topological polar surface area (TPSA) is 96.9 Å². The molecule has 1 saturated heterocycles. The maximum Gasteiger partial charge on any atom is 0.512 e. The summed E-state index contributed by atoms with van der Waals surface area (Å²) in [6.45, 7) is 4.24. The van der Waals surface area contributed by atoms with Crippen molar-refractivity contribution >= 4 is 28.0 Å². The number of carboxylic acid groups (broad SMARTS) is 1. The van der Waals surface area contributed by atoms with Crippen molar-refractivity contribution < 1.29 is 24.1 Å². The number of rotatable bonds is 5. The van der Waals surface area contributed by atoms with E-state index in [4.69, 9.17) is 19.3 Å². The number of carbonyl (C=O) groups is 1. The quantitative estimate of drug-likeness (QED) is 0.666. The molecule has 0 bridgehead atoms. The molecule has 0 radical (unpaired) electrons. The van der Waals surface area contributed by atoms with Crippen molar-refractivity contribution in [3.05, 3.63) is 35.5 Å². The Balaban J connectivity index is 1.89. The second kappa shape index (κ2) is 7.51. The van der Waals surface area contributed by atoms with Crippen LogP contribution in [0.5, 0.6) is 5.88 Å². The first kappa shape index (κ1) is 17.7. The van der Waals surface area contributed by atoms with Crippen LogP contribution >= 0.6 is 0 Å². The summed E-state index contributed by atoms with van der Waals surface area (Å²) < 4.78 is 15.7. The summed E-state index contributed by atoms with van der Waals surface area (Å²) in [6.07, 6.45) is 0.207. The molecule has 142 valence electrons. The molecule has 27 heavy (non-hydrogen) atoms. The van der Waals surface area contributed by atoms with Crippen molar-refractivity contribution in [3.8, 4) is 5.88 Å². The Bertz CT molecular complexity index is 978. The van der Waals surface area contributed by atoms with Gasteiger partial charge in [-0.2, -0.15) is 0 Å². The maximum atomic E-state index is 11.1. The normalized spacial score (nSPS) is 15.4. The third-order valence-corrected chi connectivity index (χ3v) is 4.78. The largest absolute Gasteiger partial charge is 0.512 e. The first-order valence-electron chi connectivity index (χ1n) is 8.78. The number of nitrogens with zero attached hydrogens (tertiary/aromatic N) is 2. The monoisotopic (exact) mass is 371 g/mol. The number of nitrogens with one attached hydrogen (secondary N) is 1. The van der Waals surface area contributed by atoms with Crippen LogP contribution in [0.25, 0.3) is 21.8 Å². The van der Waals surface area contributed by atoms with Crippen molar-refractivity contribution in [3.63, 3.8) is 0 Å². The molecular formula is C19H21N3O5. The van der Waals surface area contributed by atoms with Gasteiger partial charge >= 0.3 is 6.16 Å². The number of benzene rings is 1. The zero-order valence-corrected chi connectivity index (χ0v) is 15.0. The van der Waals surface area contributed by atoms with E-state index in [0.29, 0.717) is 5.56 Å². The predicted octanol–water partition coefficient (Wildman–Crippen LogP) is 2.75. The van der Waals surface area contributed by atoms with E-state index in [1.54, 1.807) is 13.3 Å². The Morgan fingerprint density at radius 3 is 2.85 bits per heavy atom. The average Bonchev–Trinajstić information content (AvgIpc) is 3.04. The lowest BCUT2D eigenvalue weighted by atomic mass is 10.0. The Kier molecular flexibility index (Phi) is 4.93. The number of aromatic amines is 1. The molecule has 2 aromatic heterocycles. The molecule has 4 rings (SSSR count). The molecule has 3 heterocycles. The molecule has 0 spiro atoms. The van der Waals surface area contributed by atoms with Gasteiger partial charge in [0.1, 0.15) is 0 Å². The minimum atomic E-state index is -1.40. The van der Waals surface area contributed by atoms with Crippen LogP contribution in [-0.4, -0.2) is 59.5 Å². The fourth-order valence-electron chi connectivity index (χ4n) is 3.64. The SMILES string of the molecule is COCc1c(OC(=O)O)ncc2[nH]c3cccc(CN4CCOCC4)c3c12. The molecule has 0 aliphatic carbocycles. The highest BCUT2D eigenvalue weighted by Crippen LogP contribution is 2.35. The first-order valence-corrected chi connectivity index (χ1v) is 8.78. The number of hydrogen-bond acceptors (Lipinski definition) is 6. The average molecular weight is 371 g/mol. The molecule has 1 fully saturated rings. The molecule has 0 atom stereocenters. The van der Waals surface area contributed by atoms with Gasteiger partial charge in [0.05, 0.1) is 37.1 Å². The Morgan fingerprint density at radius 1 is 1.30 bits per heavy atom. The molecule has 1 aliphatic rings. The fraction of sp³-hybridized carbons (Fsp3) is 0.368. The van der Waals surface area contributed by atoms with E-state index >= 15 is 0 Å². The van der Waals surface area contributed by atoms with Crippen molar-refractivity contribution in [2.75, 3.05) is 33.4 Å². The van der Waals surface area contributed by atoms with Gasteiger partial charge in [0, 0.05) is 43.0 Å². The number of aromatic nitrogens is 2. The Labute approximate surface area is 155 Å². The van der Waals surface area contributed by atoms with Crippen molar-refractivity contribution in [2.45, 2.75) is 13.2 Å². The number of morpholine rings is 1. The van der Waals surface area contributed by atoms with Gasteiger partial charge in [-0.05, 0) is 11.6 Å². The second-order valence-corrected chi connectivity index (χ2v) is 6.48. The van der Waals surface area contributed by atoms with Gasteiger partial charge in [-0.25, -0.2) is 9.78 Å². The van der Waals surface area contributed by atoms with Crippen LogP contribution in [0.15, 0.2) is 24.4 Å². The first-order chi connectivity index (χ1) is 13.2. The summed E-state index contributed by atoms with van der Waals surface area (Å²) in [7, 11) is 1.56. The van der Waals surface area contributed by atoms with Crippen molar-refractivity contribution in [1.82, 2.24) is 14.9 Å². The third-order valence-electron chi connectivity index (χ3n) is 4.78. The minimum Gasteiger partial charge on any atom is -0.449 e. The predicted molar refractivity (Wildman–Crippen MR) is 99.1 cm³/mol. The highest BCUT2D eigenvalue weighted by molar-refractivity contribution is 6.11. The molecule has 0 unspecified atom stereocenters. The zero-order chi connectivity index (χ0) is 18.8.